The van der Waals surface area contributed by atoms with E-state index < -0.39 is 10.7 Å². The molecule has 10 nitrogen and oxygen atoms in total. The first kappa shape index (κ1) is 19.8. The van der Waals surface area contributed by atoms with Gasteiger partial charge in [-0.25, -0.2) is 4.79 Å². The van der Waals surface area contributed by atoms with Gasteiger partial charge in [-0.15, -0.1) is 0 Å². The lowest BCUT2D eigenvalue weighted by Crippen LogP contribution is -2.17. The first-order valence-electron chi connectivity index (χ1n) is 8.79. The fourth-order valence-electron chi connectivity index (χ4n) is 2.88. The summed E-state index contributed by atoms with van der Waals surface area (Å²) in [6.07, 6.45) is 0.513. The average molecular weight is 398 g/mol. The number of aryl methyl sites for hydroxylation is 1. The number of non-ortho nitro benzene ring substituents is 1. The van der Waals surface area contributed by atoms with E-state index in [1.54, 1.807) is 24.3 Å². The van der Waals surface area contributed by atoms with Crippen LogP contribution >= 0.6 is 0 Å². The molecule has 0 unspecified atom stereocenters. The highest BCUT2D eigenvalue weighted by Crippen LogP contribution is 2.20. The highest BCUT2D eigenvalue weighted by atomic mass is 16.6. The summed E-state index contributed by atoms with van der Waals surface area (Å²) in [4.78, 5) is 45.5. The summed E-state index contributed by atoms with van der Waals surface area (Å²) < 4.78 is 6.39. The van der Waals surface area contributed by atoms with Crippen LogP contribution in [0.15, 0.2) is 51.7 Å². The number of amides is 2. The van der Waals surface area contributed by atoms with E-state index in [-0.39, 0.29) is 36.1 Å². The van der Waals surface area contributed by atoms with Crippen molar-refractivity contribution in [2.24, 2.45) is 0 Å². The minimum atomic E-state index is -0.635. The van der Waals surface area contributed by atoms with E-state index in [1.807, 2.05) is 0 Å². The van der Waals surface area contributed by atoms with Crippen molar-refractivity contribution in [2.45, 2.75) is 26.3 Å². The van der Waals surface area contributed by atoms with E-state index in [1.165, 1.54) is 29.7 Å². The van der Waals surface area contributed by atoms with Gasteiger partial charge in [-0.2, -0.15) is 0 Å². The third kappa shape index (κ3) is 4.86. The lowest BCUT2D eigenvalue weighted by Gasteiger charge is -2.08. The Labute approximate surface area is 164 Å². The maximum absolute atomic E-state index is 12.2. The molecule has 29 heavy (non-hydrogen) atoms. The average Bonchev–Trinajstić information content (AvgIpc) is 2.96. The van der Waals surface area contributed by atoms with Crippen molar-refractivity contribution in [1.29, 1.82) is 0 Å². The molecule has 3 aromatic rings. The number of hydrogen-bond donors (Lipinski definition) is 2. The summed E-state index contributed by atoms with van der Waals surface area (Å²) in [5, 5.41) is 16.2. The minimum absolute atomic E-state index is 0.128. The van der Waals surface area contributed by atoms with Crippen LogP contribution in [-0.4, -0.2) is 21.3 Å². The molecule has 0 aliphatic carbocycles. The van der Waals surface area contributed by atoms with Crippen LogP contribution in [0.1, 0.15) is 19.8 Å². The topological polar surface area (TPSA) is 136 Å². The van der Waals surface area contributed by atoms with Crippen molar-refractivity contribution in [3.8, 4) is 0 Å². The van der Waals surface area contributed by atoms with Gasteiger partial charge >= 0.3 is 5.76 Å². The largest absolute Gasteiger partial charge is 0.419 e. The Morgan fingerprint density at radius 2 is 1.86 bits per heavy atom. The lowest BCUT2D eigenvalue weighted by atomic mass is 10.2. The number of carbonyl (C=O) groups excluding carboxylic acids is 2. The maximum Gasteiger partial charge on any atom is 0.419 e. The van der Waals surface area contributed by atoms with Gasteiger partial charge in [0.05, 0.1) is 16.5 Å². The third-order valence-electron chi connectivity index (χ3n) is 4.11. The van der Waals surface area contributed by atoms with Gasteiger partial charge in [0.1, 0.15) is 0 Å². The Morgan fingerprint density at radius 1 is 1.14 bits per heavy atom. The fourth-order valence-corrected chi connectivity index (χ4v) is 2.88. The number of anilines is 2. The van der Waals surface area contributed by atoms with E-state index in [0.29, 0.717) is 23.3 Å². The molecule has 1 aromatic heterocycles. The second-order valence-electron chi connectivity index (χ2n) is 6.34. The second-order valence-corrected chi connectivity index (χ2v) is 6.34. The SMILES string of the molecule is CC(=O)Nc1cccc(NC(=O)CCCn2c(=O)oc3cc([N+](=O)[O-])ccc32)c1. The van der Waals surface area contributed by atoms with E-state index in [2.05, 4.69) is 10.6 Å². The molecule has 0 aliphatic heterocycles. The summed E-state index contributed by atoms with van der Waals surface area (Å²) in [7, 11) is 0. The van der Waals surface area contributed by atoms with Crippen LogP contribution in [0.25, 0.3) is 11.1 Å². The standard InChI is InChI=1S/C19H18N4O6/c1-12(24)20-13-4-2-5-14(10-13)21-18(25)6-3-9-22-16-8-7-15(23(27)28)11-17(16)29-19(22)26/h2,4-5,7-8,10-11H,3,6,9H2,1H3,(H,20,24)(H,21,25). The molecule has 0 radical (unpaired) electrons. The van der Waals surface area contributed by atoms with Crippen molar-refractivity contribution in [1.82, 2.24) is 4.57 Å². The van der Waals surface area contributed by atoms with Crippen molar-refractivity contribution in [3.05, 3.63) is 63.1 Å². The molecule has 0 aliphatic rings. The highest BCUT2D eigenvalue weighted by molar-refractivity contribution is 5.93. The van der Waals surface area contributed by atoms with Gasteiger partial charge < -0.3 is 15.1 Å². The molecule has 10 heteroatoms. The van der Waals surface area contributed by atoms with Gasteiger partial charge in [0.2, 0.25) is 11.8 Å². The van der Waals surface area contributed by atoms with Crippen molar-refractivity contribution in [2.75, 3.05) is 10.6 Å². The number of oxazole rings is 1. The van der Waals surface area contributed by atoms with E-state index in [9.17, 15) is 24.5 Å². The number of nitro groups is 1. The monoisotopic (exact) mass is 398 g/mol. The van der Waals surface area contributed by atoms with Crippen LogP contribution in [0.5, 0.6) is 0 Å². The quantitative estimate of drug-likeness (QED) is 0.464. The highest BCUT2D eigenvalue weighted by Gasteiger charge is 2.14. The fraction of sp³-hybridized carbons (Fsp3) is 0.211. The normalized spacial score (nSPS) is 10.7. The molecule has 0 saturated carbocycles. The molecule has 1 heterocycles. The molecule has 0 bridgehead atoms. The number of nitro benzene ring substituents is 1. The summed E-state index contributed by atoms with van der Waals surface area (Å²) >= 11 is 0. The molecule has 150 valence electrons. The molecule has 0 fully saturated rings. The molecule has 0 atom stereocenters. The van der Waals surface area contributed by atoms with Gasteiger partial charge in [0.15, 0.2) is 5.58 Å². The molecule has 2 amide bonds. The number of benzene rings is 2. The first-order chi connectivity index (χ1) is 13.8. The zero-order valence-electron chi connectivity index (χ0n) is 15.5. The van der Waals surface area contributed by atoms with E-state index in [0.717, 1.165) is 0 Å². The second kappa shape index (κ2) is 8.38. The van der Waals surface area contributed by atoms with Crippen LogP contribution < -0.4 is 16.4 Å². The van der Waals surface area contributed by atoms with Gasteiger partial charge in [0.25, 0.3) is 5.69 Å². The minimum Gasteiger partial charge on any atom is -0.407 e. The Hall–Kier alpha value is -3.95. The number of nitrogens with zero attached hydrogens (tertiary/aromatic N) is 2. The maximum atomic E-state index is 12.2. The van der Waals surface area contributed by atoms with Crippen LogP contribution in [-0.2, 0) is 16.1 Å². The van der Waals surface area contributed by atoms with E-state index >= 15 is 0 Å². The molecule has 0 spiro atoms. The number of rotatable bonds is 7. The van der Waals surface area contributed by atoms with Gasteiger partial charge in [-0.05, 0) is 30.7 Å². The number of aromatic nitrogens is 1. The van der Waals surface area contributed by atoms with Gasteiger partial charge in [-0.3, -0.25) is 24.3 Å². The first-order valence-corrected chi connectivity index (χ1v) is 8.79. The summed E-state index contributed by atoms with van der Waals surface area (Å²) in [5.41, 5.74) is 1.51. The molecular formula is C19H18N4O6. The molecular weight excluding hydrogens is 380 g/mol. The predicted molar refractivity (Wildman–Crippen MR) is 106 cm³/mol. The Bertz CT molecular complexity index is 1150. The summed E-state index contributed by atoms with van der Waals surface area (Å²) in [5.74, 6) is -1.10. The predicted octanol–water partition coefficient (Wildman–Crippen LogP) is 2.88. The van der Waals surface area contributed by atoms with Crippen LogP contribution in [0.3, 0.4) is 0 Å². The smallest absolute Gasteiger partial charge is 0.407 e. The van der Waals surface area contributed by atoms with Crippen molar-refractivity contribution < 1.29 is 18.9 Å². The van der Waals surface area contributed by atoms with E-state index in [4.69, 9.17) is 4.42 Å². The van der Waals surface area contributed by atoms with Crippen molar-refractivity contribution in [3.63, 3.8) is 0 Å². The zero-order chi connectivity index (χ0) is 21.0. The zero-order valence-corrected chi connectivity index (χ0v) is 15.5. The lowest BCUT2D eigenvalue weighted by molar-refractivity contribution is -0.384. The van der Waals surface area contributed by atoms with Gasteiger partial charge in [-0.1, -0.05) is 6.07 Å². The molecule has 0 saturated heterocycles. The van der Waals surface area contributed by atoms with Crippen LogP contribution in [0.2, 0.25) is 0 Å². The molecule has 2 aromatic carbocycles. The molecule has 2 N–H and O–H groups in total. The van der Waals surface area contributed by atoms with Crippen LogP contribution in [0, 0.1) is 10.1 Å². The Kier molecular flexibility index (Phi) is 5.72. The van der Waals surface area contributed by atoms with Crippen LogP contribution in [0.4, 0.5) is 17.1 Å². The number of carbonyl (C=O) groups is 2. The number of fused-ring (bicyclic) bond motifs is 1. The Balaban J connectivity index is 1.61. The summed E-state index contributed by atoms with van der Waals surface area (Å²) in [6, 6.07) is 10.7. The van der Waals surface area contributed by atoms with Crippen molar-refractivity contribution >= 4 is 40.0 Å². The summed E-state index contributed by atoms with van der Waals surface area (Å²) in [6.45, 7) is 1.62. The Morgan fingerprint density at radius 3 is 2.55 bits per heavy atom. The van der Waals surface area contributed by atoms with Gasteiger partial charge in [0, 0.05) is 37.3 Å². The third-order valence-corrected chi connectivity index (χ3v) is 4.11. The number of nitrogens with one attached hydrogen (secondary N) is 2. The number of hydrogen-bond acceptors (Lipinski definition) is 6. The molecule has 3 rings (SSSR count).